The lowest BCUT2D eigenvalue weighted by molar-refractivity contribution is 0.0991. The average Bonchev–Trinajstić information content (AvgIpc) is 2.44. The molecule has 0 spiro atoms. The van der Waals surface area contributed by atoms with E-state index in [1.165, 1.54) is 13.2 Å². The van der Waals surface area contributed by atoms with Gasteiger partial charge in [-0.25, -0.2) is 4.39 Å². The number of hydrogen-bond acceptors (Lipinski definition) is 2. The maximum atomic E-state index is 14.0. The topological polar surface area (TPSA) is 26.3 Å². The van der Waals surface area contributed by atoms with Gasteiger partial charge in [-0.05, 0) is 45.8 Å². The summed E-state index contributed by atoms with van der Waals surface area (Å²) in [5, 5.41) is 0.522. The van der Waals surface area contributed by atoms with Crippen molar-refractivity contribution in [3.05, 3.63) is 62.8 Å². The van der Waals surface area contributed by atoms with Gasteiger partial charge in [0.05, 0.1) is 12.1 Å². The van der Waals surface area contributed by atoms with Gasteiger partial charge in [0.1, 0.15) is 0 Å². The molecule has 0 bridgehead atoms. The zero-order chi connectivity index (χ0) is 14.7. The Morgan fingerprint density at radius 1 is 1.35 bits per heavy atom. The monoisotopic (exact) mass is 356 g/mol. The highest BCUT2D eigenvalue weighted by Crippen LogP contribution is 2.25. The maximum absolute atomic E-state index is 14.0. The van der Waals surface area contributed by atoms with Crippen LogP contribution in [0.2, 0.25) is 5.02 Å². The average molecular weight is 358 g/mol. The smallest absolute Gasteiger partial charge is 0.168 e. The first-order valence-corrected chi connectivity index (χ1v) is 6.99. The highest BCUT2D eigenvalue weighted by Gasteiger charge is 2.14. The Hall–Kier alpha value is -1.39. The third kappa shape index (κ3) is 3.19. The molecule has 0 heterocycles. The standard InChI is InChI=1S/C15H11BrClFO2/c1-20-14-4-2-3-10(15(14)18)8-13(19)9-5-6-12(17)11(16)7-9/h2-7H,8H2,1H3. The number of carbonyl (C=O) groups is 1. The molecular weight excluding hydrogens is 347 g/mol. The van der Waals surface area contributed by atoms with Crippen molar-refractivity contribution in [2.75, 3.05) is 7.11 Å². The normalized spacial score (nSPS) is 10.4. The third-order valence-corrected chi connectivity index (χ3v) is 4.07. The van der Waals surface area contributed by atoms with Gasteiger partial charge < -0.3 is 4.74 Å². The minimum absolute atomic E-state index is 0.0306. The molecule has 2 nitrogen and oxygen atoms in total. The van der Waals surface area contributed by atoms with Gasteiger partial charge in [0, 0.05) is 16.5 Å². The zero-order valence-electron chi connectivity index (χ0n) is 10.6. The first kappa shape index (κ1) is 15.0. The van der Waals surface area contributed by atoms with Crippen molar-refractivity contribution >= 4 is 33.3 Å². The van der Waals surface area contributed by atoms with Crippen LogP contribution in [0.3, 0.4) is 0 Å². The first-order chi connectivity index (χ1) is 9.52. The van der Waals surface area contributed by atoms with Crippen LogP contribution in [0.15, 0.2) is 40.9 Å². The summed E-state index contributed by atoms with van der Waals surface area (Å²) in [5.41, 5.74) is 0.781. The van der Waals surface area contributed by atoms with E-state index in [9.17, 15) is 9.18 Å². The van der Waals surface area contributed by atoms with Gasteiger partial charge in [-0.1, -0.05) is 23.7 Å². The van der Waals surface area contributed by atoms with Crippen molar-refractivity contribution in [3.63, 3.8) is 0 Å². The lowest BCUT2D eigenvalue weighted by atomic mass is 10.0. The van der Waals surface area contributed by atoms with Crippen LogP contribution in [0.5, 0.6) is 5.75 Å². The second-order valence-corrected chi connectivity index (χ2v) is 5.42. The summed E-state index contributed by atoms with van der Waals surface area (Å²) in [6.45, 7) is 0. The number of rotatable bonds is 4. The number of hydrogen-bond donors (Lipinski definition) is 0. The van der Waals surface area contributed by atoms with Gasteiger partial charge in [-0.2, -0.15) is 0 Å². The van der Waals surface area contributed by atoms with E-state index < -0.39 is 5.82 Å². The zero-order valence-corrected chi connectivity index (χ0v) is 13.0. The minimum atomic E-state index is -0.503. The van der Waals surface area contributed by atoms with Crippen LogP contribution >= 0.6 is 27.5 Å². The van der Waals surface area contributed by atoms with Crippen LogP contribution < -0.4 is 4.74 Å². The van der Waals surface area contributed by atoms with Gasteiger partial charge in [0.25, 0.3) is 0 Å². The molecule has 2 rings (SSSR count). The quantitative estimate of drug-likeness (QED) is 0.743. The molecule has 0 aliphatic rings. The molecule has 0 amide bonds. The van der Waals surface area contributed by atoms with E-state index in [1.54, 1.807) is 30.3 Å². The van der Waals surface area contributed by atoms with Gasteiger partial charge in [0.2, 0.25) is 0 Å². The van der Waals surface area contributed by atoms with Crippen LogP contribution in [0.25, 0.3) is 0 Å². The number of benzene rings is 2. The molecule has 0 fully saturated rings. The van der Waals surface area contributed by atoms with Crippen molar-refractivity contribution in [2.24, 2.45) is 0 Å². The second kappa shape index (κ2) is 6.37. The molecule has 5 heteroatoms. The molecule has 0 atom stereocenters. The third-order valence-electron chi connectivity index (χ3n) is 2.86. The number of halogens is 3. The fraction of sp³-hybridized carbons (Fsp3) is 0.133. The van der Waals surface area contributed by atoms with E-state index in [1.807, 2.05) is 0 Å². The van der Waals surface area contributed by atoms with E-state index in [4.69, 9.17) is 16.3 Å². The Bertz CT molecular complexity index is 658. The largest absolute Gasteiger partial charge is 0.494 e. The Morgan fingerprint density at radius 3 is 2.75 bits per heavy atom. The van der Waals surface area contributed by atoms with E-state index in [0.29, 0.717) is 20.6 Å². The number of methoxy groups -OCH3 is 1. The minimum Gasteiger partial charge on any atom is -0.494 e. The number of ether oxygens (including phenoxy) is 1. The molecule has 20 heavy (non-hydrogen) atoms. The van der Waals surface area contributed by atoms with Gasteiger partial charge in [-0.15, -0.1) is 0 Å². The van der Waals surface area contributed by atoms with Crippen molar-refractivity contribution in [1.29, 1.82) is 0 Å². The highest BCUT2D eigenvalue weighted by molar-refractivity contribution is 9.10. The van der Waals surface area contributed by atoms with E-state index in [2.05, 4.69) is 15.9 Å². The number of carbonyl (C=O) groups excluding carboxylic acids is 1. The summed E-state index contributed by atoms with van der Waals surface area (Å²) in [6, 6.07) is 9.61. The number of ketones is 1. The van der Waals surface area contributed by atoms with Gasteiger partial charge >= 0.3 is 0 Å². The molecule has 0 N–H and O–H groups in total. The summed E-state index contributed by atoms with van der Waals surface area (Å²) < 4.78 is 19.5. The Labute approximate surface area is 129 Å². The van der Waals surface area contributed by atoms with E-state index >= 15 is 0 Å². The molecule has 2 aromatic rings. The van der Waals surface area contributed by atoms with E-state index in [0.717, 1.165) is 0 Å². The first-order valence-electron chi connectivity index (χ1n) is 5.82. The molecule has 0 unspecified atom stereocenters. The Morgan fingerprint density at radius 2 is 2.10 bits per heavy atom. The van der Waals surface area contributed by atoms with Gasteiger partial charge in [0.15, 0.2) is 17.3 Å². The summed E-state index contributed by atoms with van der Waals surface area (Å²) in [5.74, 6) is -0.557. The maximum Gasteiger partial charge on any atom is 0.168 e. The summed E-state index contributed by atoms with van der Waals surface area (Å²) in [4.78, 5) is 12.2. The number of Topliss-reactive ketones (excluding diaryl/α,β-unsaturated/α-hetero) is 1. The van der Waals surface area contributed by atoms with Crippen molar-refractivity contribution < 1.29 is 13.9 Å². The van der Waals surface area contributed by atoms with Crippen LogP contribution in [0.4, 0.5) is 4.39 Å². The fourth-order valence-corrected chi connectivity index (χ4v) is 2.29. The molecule has 0 aliphatic heterocycles. The predicted octanol–water partition coefficient (Wildman–Crippen LogP) is 4.68. The molecule has 104 valence electrons. The highest BCUT2D eigenvalue weighted by atomic mass is 79.9. The van der Waals surface area contributed by atoms with Crippen molar-refractivity contribution in [1.82, 2.24) is 0 Å². The SMILES string of the molecule is COc1cccc(CC(=O)c2ccc(Cl)c(Br)c2)c1F. The lowest BCUT2D eigenvalue weighted by Crippen LogP contribution is -2.06. The van der Waals surface area contributed by atoms with Crippen molar-refractivity contribution in [2.45, 2.75) is 6.42 Å². The molecule has 0 aliphatic carbocycles. The Balaban J connectivity index is 2.25. The van der Waals surface area contributed by atoms with Crippen LogP contribution in [-0.2, 0) is 6.42 Å². The summed E-state index contributed by atoms with van der Waals surface area (Å²) in [7, 11) is 1.39. The van der Waals surface area contributed by atoms with E-state index in [-0.39, 0.29) is 18.0 Å². The van der Waals surface area contributed by atoms with Crippen molar-refractivity contribution in [3.8, 4) is 5.75 Å². The Kier molecular flexibility index (Phi) is 4.78. The molecule has 0 radical (unpaired) electrons. The summed E-state index contributed by atoms with van der Waals surface area (Å²) >= 11 is 9.13. The molecule has 0 aromatic heterocycles. The fourth-order valence-electron chi connectivity index (χ4n) is 1.80. The van der Waals surface area contributed by atoms with Crippen LogP contribution in [-0.4, -0.2) is 12.9 Å². The molecule has 0 saturated heterocycles. The molecule has 2 aromatic carbocycles. The second-order valence-electron chi connectivity index (χ2n) is 4.16. The summed E-state index contributed by atoms with van der Waals surface area (Å²) in [6.07, 6.45) is -0.0306. The predicted molar refractivity (Wildman–Crippen MR) is 80.1 cm³/mol. The molecular formula is C15H11BrClFO2. The van der Waals surface area contributed by atoms with Crippen LogP contribution in [0.1, 0.15) is 15.9 Å². The van der Waals surface area contributed by atoms with Gasteiger partial charge in [-0.3, -0.25) is 4.79 Å². The lowest BCUT2D eigenvalue weighted by Gasteiger charge is -2.07. The van der Waals surface area contributed by atoms with Crippen LogP contribution in [0, 0.1) is 5.82 Å². The molecule has 0 saturated carbocycles.